The van der Waals surface area contributed by atoms with Gasteiger partial charge in [0.05, 0.1) is 6.61 Å². The second kappa shape index (κ2) is 7.55. The number of rotatable bonds is 5. The van der Waals surface area contributed by atoms with Crippen molar-refractivity contribution in [1.82, 2.24) is 5.32 Å². The Morgan fingerprint density at radius 1 is 1.25 bits per heavy atom. The Morgan fingerprint density at radius 2 is 1.96 bits per heavy atom. The van der Waals surface area contributed by atoms with Crippen LogP contribution in [0.5, 0.6) is 5.75 Å². The molecule has 0 bridgehead atoms. The van der Waals surface area contributed by atoms with Crippen LogP contribution in [0.2, 0.25) is 0 Å². The number of ether oxygens (including phenoxy) is 3. The molecule has 132 valence electrons. The molecule has 0 spiro atoms. The van der Waals surface area contributed by atoms with E-state index in [-0.39, 0.29) is 12.0 Å². The van der Waals surface area contributed by atoms with E-state index in [9.17, 15) is 9.59 Å². The van der Waals surface area contributed by atoms with Gasteiger partial charge in [0.1, 0.15) is 11.4 Å². The molecule has 0 aliphatic heterocycles. The number of carbonyl (C=O) groups excluding carboxylic acids is 2. The van der Waals surface area contributed by atoms with Crippen molar-refractivity contribution in [2.75, 3.05) is 6.61 Å². The summed E-state index contributed by atoms with van der Waals surface area (Å²) in [5.74, 6) is 0.570. The van der Waals surface area contributed by atoms with Crippen LogP contribution >= 0.6 is 0 Å². The molecular formula is C18H25NO5. The molecule has 0 heterocycles. The minimum atomic E-state index is -0.734. The van der Waals surface area contributed by atoms with Gasteiger partial charge >= 0.3 is 12.2 Å². The number of benzene rings is 1. The van der Waals surface area contributed by atoms with Gasteiger partial charge in [0.25, 0.3) is 0 Å². The van der Waals surface area contributed by atoms with E-state index in [1.807, 2.05) is 19.1 Å². The Bertz CT molecular complexity index is 593. The smallest absolute Gasteiger partial charge is 0.450 e. The third kappa shape index (κ3) is 5.44. The fraction of sp³-hybridized carbons (Fsp3) is 0.556. The van der Waals surface area contributed by atoms with Crippen molar-refractivity contribution in [3.05, 3.63) is 29.8 Å². The van der Waals surface area contributed by atoms with Crippen LogP contribution in [0, 0.1) is 0 Å². The number of carbonyl (C=O) groups is 2. The molecule has 1 amide bonds. The summed E-state index contributed by atoms with van der Waals surface area (Å²) >= 11 is 0. The SMILES string of the molecule is CCCOC(=O)N[C@@H]1CC1c1ccccc1OC(=O)OC(C)(C)C. The highest BCUT2D eigenvalue weighted by Gasteiger charge is 2.41. The topological polar surface area (TPSA) is 73.9 Å². The summed E-state index contributed by atoms with van der Waals surface area (Å²) in [6.45, 7) is 7.69. The molecule has 1 unspecified atom stereocenters. The van der Waals surface area contributed by atoms with Crippen molar-refractivity contribution in [3.63, 3.8) is 0 Å². The van der Waals surface area contributed by atoms with Gasteiger partial charge in [0.2, 0.25) is 0 Å². The Hall–Kier alpha value is -2.24. The van der Waals surface area contributed by atoms with Crippen molar-refractivity contribution >= 4 is 12.2 Å². The quantitative estimate of drug-likeness (QED) is 0.650. The largest absolute Gasteiger partial charge is 0.514 e. The average Bonchev–Trinajstić information content (AvgIpc) is 3.22. The first-order chi connectivity index (χ1) is 11.3. The van der Waals surface area contributed by atoms with Crippen LogP contribution in [0.4, 0.5) is 9.59 Å². The molecule has 1 saturated carbocycles. The van der Waals surface area contributed by atoms with E-state index in [0.29, 0.717) is 12.4 Å². The molecule has 1 aromatic rings. The van der Waals surface area contributed by atoms with Crippen molar-refractivity contribution in [2.24, 2.45) is 0 Å². The normalized spacial score (nSPS) is 19.3. The second-order valence-electron chi connectivity index (χ2n) is 6.83. The van der Waals surface area contributed by atoms with E-state index >= 15 is 0 Å². The highest BCUT2D eigenvalue weighted by Crippen LogP contribution is 2.44. The molecular weight excluding hydrogens is 310 g/mol. The van der Waals surface area contributed by atoms with E-state index in [1.54, 1.807) is 32.9 Å². The first kappa shape index (κ1) is 18.1. The van der Waals surface area contributed by atoms with Crippen molar-refractivity contribution < 1.29 is 23.8 Å². The maximum Gasteiger partial charge on any atom is 0.514 e. The zero-order chi connectivity index (χ0) is 17.7. The molecule has 0 aromatic heterocycles. The van der Waals surface area contributed by atoms with Gasteiger partial charge in [-0.15, -0.1) is 0 Å². The average molecular weight is 335 g/mol. The molecule has 0 radical (unpaired) electrons. The monoisotopic (exact) mass is 335 g/mol. The third-order valence-corrected chi connectivity index (χ3v) is 3.43. The Morgan fingerprint density at radius 3 is 2.62 bits per heavy atom. The summed E-state index contributed by atoms with van der Waals surface area (Å²) in [6.07, 6.45) is 0.432. The molecule has 6 heteroatoms. The van der Waals surface area contributed by atoms with E-state index in [1.165, 1.54) is 0 Å². The molecule has 1 aliphatic carbocycles. The van der Waals surface area contributed by atoms with Gasteiger partial charge in [-0.2, -0.15) is 0 Å². The van der Waals surface area contributed by atoms with Gasteiger partial charge in [-0.1, -0.05) is 25.1 Å². The van der Waals surface area contributed by atoms with Gasteiger partial charge < -0.3 is 19.5 Å². The minimum absolute atomic E-state index is 0.00209. The lowest BCUT2D eigenvalue weighted by Crippen LogP contribution is -2.28. The number of alkyl carbamates (subject to hydrolysis) is 1. The molecule has 24 heavy (non-hydrogen) atoms. The summed E-state index contributed by atoms with van der Waals surface area (Å²) in [5.41, 5.74) is 0.266. The first-order valence-corrected chi connectivity index (χ1v) is 8.23. The standard InChI is InChI=1S/C18H25NO5/c1-5-10-22-16(20)19-14-11-13(14)12-8-6-7-9-15(12)23-17(21)24-18(2,3)4/h6-9,13-14H,5,10-11H2,1-4H3,(H,19,20)/t13?,14-/m1/s1. The number of para-hydroxylation sites is 1. The van der Waals surface area contributed by atoms with Gasteiger partial charge in [0.15, 0.2) is 0 Å². The number of hydrogen-bond donors (Lipinski definition) is 1. The van der Waals surface area contributed by atoms with Crippen LogP contribution in [0.1, 0.15) is 52.0 Å². The van der Waals surface area contributed by atoms with Crippen LogP contribution in [0.25, 0.3) is 0 Å². The highest BCUT2D eigenvalue weighted by molar-refractivity contribution is 5.69. The number of nitrogens with one attached hydrogen (secondary N) is 1. The summed E-state index contributed by atoms with van der Waals surface area (Å²) in [6, 6.07) is 7.29. The summed E-state index contributed by atoms with van der Waals surface area (Å²) < 4.78 is 15.5. The summed E-state index contributed by atoms with van der Waals surface area (Å²) in [4.78, 5) is 23.5. The number of hydrogen-bond acceptors (Lipinski definition) is 5. The van der Waals surface area contributed by atoms with E-state index in [0.717, 1.165) is 18.4 Å². The van der Waals surface area contributed by atoms with Crippen LogP contribution in [-0.4, -0.2) is 30.5 Å². The molecule has 1 fully saturated rings. The number of amides is 1. The fourth-order valence-electron chi connectivity index (χ4n) is 2.33. The van der Waals surface area contributed by atoms with Crippen LogP contribution in [-0.2, 0) is 9.47 Å². The lowest BCUT2D eigenvalue weighted by Gasteiger charge is -2.19. The van der Waals surface area contributed by atoms with Gasteiger partial charge in [0, 0.05) is 17.5 Å². The summed E-state index contributed by atoms with van der Waals surface area (Å²) in [5, 5.41) is 2.82. The van der Waals surface area contributed by atoms with Crippen molar-refractivity contribution in [2.45, 2.75) is 58.1 Å². The minimum Gasteiger partial charge on any atom is -0.450 e. The summed E-state index contributed by atoms with van der Waals surface area (Å²) in [7, 11) is 0. The molecule has 1 aliphatic rings. The first-order valence-electron chi connectivity index (χ1n) is 8.23. The second-order valence-corrected chi connectivity index (χ2v) is 6.83. The molecule has 0 saturated heterocycles. The molecule has 6 nitrogen and oxygen atoms in total. The van der Waals surface area contributed by atoms with E-state index < -0.39 is 17.8 Å². The zero-order valence-corrected chi connectivity index (χ0v) is 14.6. The maximum absolute atomic E-state index is 11.9. The van der Waals surface area contributed by atoms with Crippen LogP contribution in [0.15, 0.2) is 24.3 Å². The van der Waals surface area contributed by atoms with Crippen LogP contribution in [0.3, 0.4) is 0 Å². The van der Waals surface area contributed by atoms with Crippen LogP contribution < -0.4 is 10.1 Å². The predicted molar refractivity (Wildman–Crippen MR) is 89.2 cm³/mol. The molecule has 2 rings (SSSR count). The fourth-order valence-corrected chi connectivity index (χ4v) is 2.33. The highest BCUT2D eigenvalue weighted by atomic mass is 16.7. The van der Waals surface area contributed by atoms with Gasteiger partial charge in [-0.05, 0) is 39.7 Å². The molecule has 2 atom stereocenters. The van der Waals surface area contributed by atoms with E-state index in [2.05, 4.69) is 5.32 Å². The zero-order valence-electron chi connectivity index (χ0n) is 14.6. The molecule has 1 aromatic carbocycles. The van der Waals surface area contributed by atoms with E-state index in [4.69, 9.17) is 14.2 Å². The Balaban J connectivity index is 1.95. The predicted octanol–water partition coefficient (Wildman–Crippen LogP) is 3.99. The van der Waals surface area contributed by atoms with Crippen molar-refractivity contribution in [3.8, 4) is 5.75 Å². The van der Waals surface area contributed by atoms with Crippen molar-refractivity contribution in [1.29, 1.82) is 0 Å². The maximum atomic E-state index is 11.9. The Kier molecular flexibility index (Phi) is 5.70. The lowest BCUT2D eigenvalue weighted by atomic mass is 10.1. The van der Waals surface area contributed by atoms with Gasteiger partial charge in [-0.3, -0.25) is 0 Å². The van der Waals surface area contributed by atoms with Gasteiger partial charge in [-0.25, -0.2) is 9.59 Å². The Labute approximate surface area is 142 Å². The lowest BCUT2D eigenvalue weighted by molar-refractivity contribution is 0.0204. The third-order valence-electron chi connectivity index (χ3n) is 3.43. The molecule has 1 N–H and O–H groups in total.